The van der Waals surface area contributed by atoms with E-state index in [0.717, 1.165) is 5.75 Å². The second-order valence-corrected chi connectivity index (χ2v) is 3.05. The zero-order chi connectivity index (χ0) is 7.82. The first-order chi connectivity index (χ1) is 4.81. The van der Waals surface area contributed by atoms with Crippen LogP contribution in [0.1, 0.15) is 0 Å². The maximum atomic E-state index is 8.85. The summed E-state index contributed by atoms with van der Waals surface area (Å²) in [5.74, 6) is 1.45. The number of rotatable bonds is 6. The Labute approximate surface area is 65.4 Å². The van der Waals surface area contributed by atoms with Crippen LogP contribution in [0.2, 0.25) is 0 Å². The van der Waals surface area contributed by atoms with E-state index in [-0.39, 0.29) is 6.61 Å². The highest BCUT2D eigenvalue weighted by Gasteiger charge is 1.99. The van der Waals surface area contributed by atoms with E-state index in [1.54, 1.807) is 18.9 Å². The SMILES string of the molecule is COCCSCC(O)CO. The van der Waals surface area contributed by atoms with E-state index < -0.39 is 6.10 Å². The van der Waals surface area contributed by atoms with Crippen LogP contribution in [0.25, 0.3) is 0 Å². The lowest BCUT2D eigenvalue weighted by Gasteiger charge is -2.04. The Bertz CT molecular complexity index is 70.0. The van der Waals surface area contributed by atoms with Gasteiger partial charge in [0.05, 0.1) is 19.3 Å². The molecule has 0 aliphatic rings. The van der Waals surface area contributed by atoms with Crippen molar-refractivity contribution in [3.05, 3.63) is 0 Å². The molecule has 62 valence electrons. The van der Waals surface area contributed by atoms with Crippen LogP contribution in [0.3, 0.4) is 0 Å². The second-order valence-electron chi connectivity index (χ2n) is 1.90. The number of thioether (sulfide) groups is 1. The van der Waals surface area contributed by atoms with Gasteiger partial charge < -0.3 is 14.9 Å². The maximum Gasteiger partial charge on any atom is 0.0861 e. The van der Waals surface area contributed by atoms with Gasteiger partial charge in [0, 0.05) is 18.6 Å². The molecular weight excluding hydrogens is 152 g/mol. The minimum atomic E-state index is -0.582. The average Bonchev–Trinajstić information content (AvgIpc) is 1.98. The molecule has 0 saturated carbocycles. The molecule has 0 aromatic carbocycles. The molecule has 0 spiro atoms. The van der Waals surface area contributed by atoms with Crippen molar-refractivity contribution in [1.29, 1.82) is 0 Å². The maximum absolute atomic E-state index is 8.85. The fraction of sp³-hybridized carbons (Fsp3) is 1.00. The molecule has 0 rings (SSSR count). The first kappa shape index (κ1) is 10.2. The molecule has 0 bridgehead atoms. The summed E-state index contributed by atoms with van der Waals surface area (Å²) in [5.41, 5.74) is 0. The highest BCUT2D eigenvalue weighted by atomic mass is 32.2. The Hall–Kier alpha value is 0.230. The van der Waals surface area contributed by atoms with Crippen molar-refractivity contribution in [2.45, 2.75) is 6.10 Å². The van der Waals surface area contributed by atoms with Crippen LogP contribution in [-0.4, -0.2) is 48.1 Å². The van der Waals surface area contributed by atoms with Gasteiger partial charge in [-0.1, -0.05) is 0 Å². The van der Waals surface area contributed by atoms with E-state index in [1.165, 1.54) is 0 Å². The Kier molecular flexibility index (Phi) is 7.51. The zero-order valence-corrected chi connectivity index (χ0v) is 6.93. The molecule has 0 fully saturated rings. The summed E-state index contributed by atoms with van der Waals surface area (Å²) in [4.78, 5) is 0. The van der Waals surface area contributed by atoms with Gasteiger partial charge in [-0.15, -0.1) is 0 Å². The van der Waals surface area contributed by atoms with Gasteiger partial charge in [0.1, 0.15) is 0 Å². The van der Waals surface area contributed by atoms with Gasteiger partial charge in [-0.05, 0) is 0 Å². The zero-order valence-electron chi connectivity index (χ0n) is 6.12. The van der Waals surface area contributed by atoms with Crippen LogP contribution in [0.4, 0.5) is 0 Å². The van der Waals surface area contributed by atoms with Crippen LogP contribution in [0.15, 0.2) is 0 Å². The lowest BCUT2D eigenvalue weighted by molar-refractivity contribution is 0.113. The minimum Gasteiger partial charge on any atom is -0.394 e. The molecule has 10 heavy (non-hydrogen) atoms. The van der Waals surface area contributed by atoms with Gasteiger partial charge in [0.25, 0.3) is 0 Å². The van der Waals surface area contributed by atoms with E-state index in [1.807, 2.05) is 0 Å². The highest BCUT2D eigenvalue weighted by Crippen LogP contribution is 2.01. The molecule has 1 atom stereocenters. The third-order valence-corrected chi connectivity index (χ3v) is 2.03. The van der Waals surface area contributed by atoms with E-state index in [4.69, 9.17) is 14.9 Å². The summed E-state index contributed by atoms with van der Waals surface area (Å²) in [6.07, 6.45) is -0.582. The summed E-state index contributed by atoms with van der Waals surface area (Å²) in [7, 11) is 1.64. The molecule has 0 aromatic heterocycles. The van der Waals surface area contributed by atoms with E-state index in [0.29, 0.717) is 12.4 Å². The molecule has 0 aromatic rings. The Morgan fingerprint density at radius 1 is 1.60 bits per heavy atom. The van der Waals surface area contributed by atoms with Gasteiger partial charge in [-0.25, -0.2) is 0 Å². The summed E-state index contributed by atoms with van der Waals surface area (Å²) < 4.78 is 4.79. The first-order valence-electron chi connectivity index (χ1n) is 3.17. The Morgan fingerprint density at radius 2 is 2.30 bits per heavy atom. The predicted molar refractivity (Wildman–Crippen MR) is 42.3 cm³/mol. The average molecular weight is 166 g/mol. The van der Waals surface area contributed by atoms with Gasteiger partial charge in [0.15, 0.2) is 0 Å². The van der Waals surface area contributed by atoms with Crippen LogP contribution in [-0.2, 0) is 4.74 Å². The third kappa shape index (κ3) is 6.35. The highest BCUT2D eigenvalue weighted by molar-refractivity contribution is 7.99. The van der Waals surface area contributed by atoms with Crippen molar-refractivity contribution in [3.8, 4) is 0 Å². The number of aliphatic hydroxyl groups is 2. The Morgan fingerprint density at radius 3 is 2.80 bits per heavy atom. The van der Waals surface area contributed by atoms with Crippen molar-refractivity contribution in [2.75, 3.05) is 31.8 Å². The van der Waals surface area contributed by atoms with Crippen LogP contribution in [0, 0.1) is 0 Å². The number of methoxy groups -OCH3 is 1. The topological polar surface area (TPSA) is 49.7 Å². The minimum absolute atomic E-state index is 0.153. The number of hydrogen-bond donors (Lipinski definition) is 2. The van der Waals surface area contributed by atoms with Crippen molar-refractivity contribution in [2.24, 2.45) is 0 Å². The predicted octanol–water partition coefficient (Wildman–Crippen LogP) is -0.281. The Balaban J connectivity index is 2.89. The summed E-state index contributed by atoms with van der Waals surface area (Å²) in [6, 6.07) is 0. The third-order valence-electron chi connectivity index (χ3n) is 0.953. The molecule has 2 N–H and O–H groups in total. The van der Waals surface area contributed by atoms with Crippen LogP contribution < -0.4 is 0 Å². The fourth-order valence-electron chi connectivity index (χ4n) is 0.414. The molecule has 0 aliphatic carbocycles. The van der Waals surface area contributed by atoms with Crippen molar-refractivity contribution in [3.63, 3.8) is 0 Å². The molecule has 1 unspecified atom stereocenters. The normalized spacial score (nSPS) is 13.5. The van der Waals surface area contributed by atoms with Crippen LogP contribution in [0.5, 0.6) is 0 Å². The molecular formula is C6H14O3S. The summed E-state index contributed by atoms with van der Waals surface area (Å²) >= 11 is 1.58. The molecule has 0 radical (unpaired) electrons. The number of ether oxygens (including phenoxy) is 1. The van der Waals surface area contributed by atoms with Crippen molar-refractivity contribution >= 4 is 11.8 Å². The molecule has 0 aliphatic heterocycles. The van der Waals surface area contributed by atoms with Gasteiger partial charge in [0.2, 0.25) is 0 Å². The van der Waals surface area contributed by atoms with Crippen molar-refractivity contribution < 1.29 is 14.9 Å². The quantitative estimate of drug-likeness (QED) is 0.533. The lowest BCUT2D eigenvalue weighted by atomic mass is 10.4. The monoisotopic (exact) mass is 166 g/mol. The van der Waals surface area contributed by atoms with E-state index >= 15 is 0 Å². The van der Waals surface area contributed by atoms with Crippen molar-refractivity contribution in [1.82, 2.24) is 0 Å². The molecule has 3 nitrogen and oxygen atoms in total. The molecule has 0 saturated heterocycles. The van der Waals surface area contributed by atoms with Gasteiger partial charge in [-0.2, -0.15) is 11.8 Å². The van der Waals surface area contributed by atoms with Crippen LogP contribution >= 0.6 is 11.8 Å². The van der Waals surface area contributed by atoms with Gasteiger partial charge >= 0.3 is 0 Å². The number of hydrogen-bond acceptors (Lipinski definition) is 4. The summed E-state index contributed by atoms with van der Waals surface area (Å²) in [5, 5.41) is 17.2. The molecule has 4 heteroatoms. The smallest absolute Gasteiger partial charge is 0.0861 e. The first-order valence-corrected chi connectivity index (χ1v) is 4.32. The van der Waals surface area contributed by atoms with E-state index in [9.17, 15) is 0 Å². The second kappa shape index (κ2) is 7.34. The largest absolute Gasteiger partial charge is 0.394 e. The standard InChI is InChI=1S/C6H14O3S/c1-9-2-3-10-5-6(8)4-7/h6-8H,2-5H2,1H3. The lowest BCUT2D eigenvalue weighted by Crippen LogP contribution is -2.15. The summed E-state index contributed by atoms with van der Waals surface area (Å²) in [6.45, 7) is 0.544. The molecule has 0 heterocycles. The number of aliphatic hydroxyl groups excluding tert-OH is 2. The fourth-order valence-corrected chi connectivity index (χ4v) is 1.24. The van der Waals surface area contributed by atoms with E-state index in [2.05, 4.69) is 0 Å². The van der Waals surface area contributed by atoms with Gasteiger partial charge in [-0.3, -0.25) is 0 Å². The molecule has 0 amide bonds.